The molecule has 120 valence electrons. The molecule has 7 nitrogen and oxygen atoms in total. The summed E-state index contributed by atoms with van der Waals surface area (Å²) in [5.41, 5.74) is 0.116. The number of likely N-dealkylation sites (tertiary alicyclic amines) is 1. The monoisotopic (exact) mass is 307 g/mol. The highest BCUT2D eigenvalue weighted by molar-refractivity contribution is 5.84. The van der Waals surface area contributed by atoms with Gasteiger partial charge in [-0.1, -0.05) is 0 Å². The first kappa shape index (κ1) is 16.2. The van der Waals surface area contributed by atoms with E-state index in [1.54, 1.807) is 11.1 Å². The van der Waals surface area contributed by atoms with Crippen molar-refractivity contribution < 1.29 is 19.4 Å². The lowest BCUT2D eigenvalue weighted by atomic mass is 9.94. The van der Waals surface area contributed by atoms with Gasteiger partial charge >= 0.3 is 12.1 Å². The van der Waals surface area contributed by atoms with E-state index in [2.05, 4.69) is 9.97 Å². The van der Waals surface area contributed by atoms with Gasteiger partial charge < -0.3 is 14.7 Å². The second-order valence-corrected chi connectivity index (χ2v) is 6.38. The second-order valence-electron chi connectivity index (χ2n) is 6.38. The van der Waals surface area contributed by atoms with E-state index >= 15 is 0 Å². The molecule has 1 saturated heterocycles. The predicted molar refractivity (Wildman–Crippen MR) is 78.8 cm³/mol. The van der Waals surface area contributed by atoms with E-state index in [9.17, 15) is 9.59 Å². The zero-order valence-corrected chi connectivity index (χ0v) is 13.1. The molecule has 0 unspecified atom stereocenters. The van der Waals surface area contributed by atoms with E-state index < -0.39 is 11.6 Å². The van der Waals surface area contributed by atoms with Crippen LogP contribution in [-0.4, -0.2) is 50.7 Å². The highest BCUT2D eigenvalue weighted by atomic mass is 16.6. The number of carboxylic acid groups (broad SMARTS) is 1. The maximum atomic E-state index is 12.0. The molecule has 0 spiro atoms. The number of nitrogens with zero attached hydrogens (tertiary/aromatic N) is 3. The summed E-state index contributed by atoms with van der Waals surface area (Å²) in [5, 5.41) is 8.96. The van der Waals surface area contributed by atoms with Gasteiger partial charge in [0, 0.05) is 25.2 Å². The van der Waals surface area contributed by atoms with E-state index in [1.807, 2.05) is 20.8 Å². The van der Waals surface area contributed by atoms with Gasteiger partial charge in [0.2, 0.25) is 0 Å². The molecule has 7 heteroatoms. The van der Waals surface area contributed by atoms with Crippen LogP contribution in [0.25, 0.3) is 0 Å². The zero-order chi connectivity index (χ0) is 16.3. The quantitative estimate of drug-likeness (QED) is 0.901. The molecule has 1 fully saturated rings. The second kappa shape index (κ2) is 6.29. The van der Waals surface area contributed by atoms with Crippen molar-refractivity contribution in [1.29, 1.82) is 0 Å². The molecule has 0 saturated carbocycles. The molecule has 1 aliphatic heterocycles. The number of hydrogen-bond donors (Lipinski definition) is 1. The van der Waals surface area contributed by atoms with Gasteiger partial charge in [-0.25, -0.2) is 14.6 Å². The Labute approximate surface area is 129 Å². The van der Waals surface area contributed by atoms with Gasteiger partial charge in [0.1, 0.15) is 5.60 Å². The Morgan fingerprint density at radius 3 is 2.45 bits per heavy atom. The zero-order valence-electron chi connectivity index (χ0n) is 13.1. The third-order valence-electron chi connectivity index (χ3n) is 3.44. The Morgan fingerprint density at radius 2 is 1.91 bits per heavy atom. The van der Waals surface area contributed by atoms with E-state index in [-0.39, 0.29) is 17.7 Å². The highest BCUT2D eigenvalue weighted by Crippen LogP contribution is 2.27. The minimum absolute atomic E-state index is 0.0490. The molecular weight excluding hydrogens is 286 g/mol. The molecule has 1 aromatic rings. The van der Waals surface area contributed by atoms with Crippen molar-refractivity contribution >= 4 is 12.1 Å². The normalized spacial score (nSPS) is 16.4. The molecule has 1 aliphatic rings. The number of aromatic carboxylic acids is 1. The molecule has 1 N–H and O–H groups in total. The van der Waals surface area contributed by atoms with Gasteiger partial charge in [0.25, 0.3) is 0 Å². The number of piperidine rings is 1. The number of amides is 1. The summed E-state index contributed by atoms with van der Waals surface area (Å²) in [6.07, 6.45) is 3.96. The number of rotatable bonds is 2. The third-order valence-corrected chi connectivity index (χ3v) is 3.44. The molecule has 2 heterocycles. The number of hydrogen-bond acceptors (Lipinski definition) is 5. The van der Waals surface area contributed by atoms with Crippen molar-refractivity contribution in [1.82, 2.24) is 14.9 Å². The first-order valence-electron chi connectivity index (χ1n) is 7.29. The average molecular weight is 307 g/mol. The van der Waals surface area contributed by atoms with Crippen LogP contribution in [0.2, 0.25) is 0 Å². The SMILES string of the molecule is CC(C)(C)OC(=O)N1CCC(c2cncc(C(=O)O)n2)CC1. The number of ether oxygens (including phenoxy) is 1. The maximum absolute atomic E-state index is 12.0. The summed E-state index contributed by atoms with van der Waals surface area (Å²) in [6.45, 7) is 6.65. The molecule has 1 amide bonds. The molecule has 0 atom stereocenters. The van der Waals surface area contributed by atoms with Crippen LogP contribution < -0.4 is 0 Å². The van der Waals surface area contributed by atoms with Gasteiger partial charge in [0.05, 0.1) is 11.9 Å². The van der Waals surface area contributed by atoms with Crippen LogP contribution >= 0.6 is 0 Å². The molecule has 0 aliphatic carbocycles. The van der Waals surface area contributed by atoms with Crippen LogP contribution in [0, 0.1) is 0 Å². The lowest BCUT2D eigenvalue weighted by Crippen LogP contribution is -2.41. The Balaban J connectivity index is 1.96. The van der Waals surface area contributed by atoms with Crippen molar-refractivity contribution in [2.24, 2.45) is 0 Å². The van der Waals surface area contributed by atoms with Crippen LogP contribution in [0.4, 0.5) is 4.79 Å². The molecular formula is C15H21N3O4. The smallest absolute Gasteiger partial charge is 0.410 e. The van der Waals surface area contributed by atoms with Crippen LogP contribution in [0.15, 0.2) is 12.4 Å². The van der Waals surface area contributed by atoms with Gasteiger partial charge in [-0.3, -0.25) is 4.98 Å². The van der Waals surface area contributed by atoms with Crippen LogP contribution in [0.5, 0.6) is 0 Å². The summed E-state index contributed by atoms with van der Waals surface area (Å²) in [6, 6.07) is 0. The number of carbonyl (C=O) groups excluding carboxylic acids is 1. The lowest BCUT2D eigenvalue weighted by Gasteiger charge is -2.33. The minimum Gasteiger partial charge on any atom is -0.476 e. The molecule has 1 aromatic heterocycles. The van der Waals surface area contributed by atoms with Crippen molar-refractivity contribution in [3.05, 3.63) is 23.8 Å². The summed E-state index contributed by atoms with van der Waals surface area (Å²) in [5.74, 6) is -0.967. The van der Waals surface area contributed by atoms with Crippen molar-refractivity contribution in [3.63, 3.8) is 0 Å². The fraction of sp³-hybridized carbons (Fsp3) is 0.600. The molecule has 0 bridgehead atoms. The van der Waals surface area contributed by atoms with Gasteiger partial charge in [-0.05, 0) is 33.6 Å². The van der Waals surface area contributed by atoms with Crippen LogP contribution in [0.1, 0.15) is 55.7 Å². The lowest BCUT2D eigenvalue weighted by molar-refractivity contribution is 0.0204. The third kappa shape index (κ3) is 4.16. The summed E-state index contributed by atoms with van der Waals surface area (Å²) < 4.78 is 5.35. The first-order chi connectivity index (χ1) is 10.3. The Bertz CT molecular complexity index is 560. The number of aromatic nitrogens is 2. The van der Waals surface area contributed by atoms with E-state index in [0.717, 1.165) is 12.8 Å². The van der Waals surface area contributed by atoms with Crippen molar-refractivity contribution in [2.75, 3.05) is 13.1 Å². The Hall–Kier alpha value is -2.18. The Kier molecular flexibility index (Phi) is 4.63. The highest BCUT2D eigenvalue weighted by Gasteiger charge is 2.28. The topological polar surface area (TPSA) is 92.6 Å². The fourth-order valence-electron chi connectivity index (χ4n) is 2.37. The van der Waals surface area contributed by atoms with Crippen molar-refractivity contribution in [3.8, 4) is 0 Å². The Morgan fingerprint density at radius 1 is 1.27 bits per heavy atom. The molecule has 22 heavy (non-hydrogen) atoms. The first-order valence-corrected chi connectivity index (χ1v) is 7.29. The number of carboxylic acids is 1. The van der Waals surface area contributed by atoms with E-state index in [1.165, 1.54) is 6.20 Å². The number of carbonyl (C=O) groups is 2. The van der Waals surface area contributed by atoms with Gasteiger partial charge in [-0.2, -0.15) is 0 Å². The van der Waals surface area contributed by atoms with Crippen LogP contribution in [-0.2, 0) is 4.74 Å². The molecule has 2 rings (SSSR count). The van der Waals surface area contributed by atoms with Gasteiger partial charge in [-0.15, -0.1) is 0 Å². The van der Waals surface area contributed by atoms with Gasteiger partial charge in [0.15, 0.2) is 5.69 Å². The fourth-order valence-corrected chi connectivity index (χ4v) is 2.37. The van der Waals surface area contributed by atoms with Crippen LogP contribution in [0.3, 0.4) is 0 Å². The van der Waals surface area contributed by atoms with E-state index in [4.69, 9.17) is 9.84 Å². The summed E-state index contributed by atoms with van der Waals surface area (Å²) in [7, 11) is 0. The van der Waals surface area contributed by atoms with Crippen molar-refractivity contribution in [2.45, 2.75) is 45.1 Å². The molecule has 0 radical (unpaired) electrons. The largest absolute Gasteiger partial charge is 0.476 e. The molecule has 0 aromatic carbocycles. The summed E-state index contributed by atoms with van der Waals surface area (Å²) >= 11 is 0. The standard InChI is InChI=1S/C15H21N3O4/c1-15(2,3)22-14(21)18-6-4-10(5-7-18)11-8-16-9-12(17-11)13(19)20/h8-10H,4-7H2,1-3H3,(H,19,20). The maximum Gasteiger partial charge on any atom is 0.410 e. The predicted octanol–water partition coefficient (Wildman–Crippen LogP) is 2.29. The van der Waals surface area contributed by atoms with E-state index in [0.29, 0.717) is 18.8 Å². The summed E-state index contributed by atoms with van der Waals surface area (Å²) in [4.78, 5) is 32.7. The minimum atomic E-state index is -1.08. The average Bonchev–Trinajstić information content (AvgIpc) is 2.46.